The Hall–Kier alpha value is -8.49. The first-order valence-electron chi connectivity index (χ1n) is 33.4. The molecule has 0 saturated carbocycles. The number of fused-ring (bicyclic) bond motifs is 18. The summed E-state index contributed by atoms with van der Waals surface area (Å²) in [5.41, 5.74) is 43.7. The van der Waals surface area contributed by atoms with Crippen LogP contribution in [0.3, 0.4) is 0 Å². The van der Waals surface area contributed by atoms with E-state index in [4.69, 9.17) is 34.8 Å². The Labute approximate surface area is 571 Å². The first-order valence-corrected chi connectivity index (χ1v) is 34.7. The molecule has 0 amide bonds. The maximum absolute atomic E-state index is 4.81. The highest BCUT2D eigenvalue weighted by atomic mass is 35.6. The molecule has 0 aliphatic heterocycles. The molecule has 0 heterocycles. The largest absolute Gasteiger partial charge is 0.180 e. The zero-order valence-corrected chi connectivity index (χ0v) is 58.1. The molecule has 94 heavy (non-hydrogen) atoms. The van der Waals surface area contributed by atoms with Crippen molar-refractivity contribution in [1.82, 2.24) is 0 Å². The lowest BCUT2D eigenvalue weighted by atomic mass is 9.79. The quantitative estimate of drug-likeness (QED) is 0.154. The van der Waals surface area contributed by atoms with E-state index in [0.717, 1.165) is 0 Å². The fourth-order valence-electron chi connectivity index (χ4n) is 17.7. The van der Waals surface area contributed by atoms with E-state index in [1.54, 1.807) is 0 Å². The fraction of sp³-hybridized carbons (Fsp3) is 0.209. The molecule has 0 nitrogen and oxygen atoms in total. The van der Waals surface area contributed by atoms with Gasteiger partial charge in [-0.15, -0.1) is 0 Å². The molecule has 18 rings (SSSR count). The summed E-state index contributed by atoms with van der Waals surface area (Å²) < 4.78 is -0.750. The summed E-state index contributed by atoms with van der Waals surface area (Å²) in [6.07, 6.45) is 0. The molecule has 0 aromatic heterocycles. The SMILES string of the molecule is CC1(C)c2ccccc2-c2ccc(-c3ccc4c(c3)C(C)(C)c3cc(-c5ccc6c(c5)C(C)(C)c5ccccc5-6)ccc3-4)cc21.CC1(C)c2ccccc2-c2ccc(-c3ccc4c(c3)C(C)(C)c3cc(-c5ccc6c(c5)C(C)(C)c5ccccc5-6)ccc3-4)cc21.ClC(Cl)Cl. The smallest absolute Gasteiger partial charge is 0.0874 e. The van der Waals surface area contributed by atoms with Gasteiger partial charge >= 0.3 is 0 Å². The van der Waals surface area contributed by atoms with E-state index in [1.807, 2.05) is 0 Å². The molecule has 0 bridgehead atoms. The van der Waals surface area contributed by atoms with Crippen LogP contribution in [0.15, 0.2) is 243 Å². The van der Waals surface area contributed by atoms with Crippen LogP contribution in [0.25, 0.3) is 111 Å². The normalized spacial score (nSPS) is 16.4. The van der Waals surface area contributed by atoms with Crippen molar-refractivity contribution in [3.05, 3.63) is 309 Å². The van der Waals surface area contributed by atoms with E-state index in [-0.39, 0.29) is 32.5 Å². The van der Waals surface area contributed by atoms with E-state index in [2.05, 4.69) is 326 Å². The Bertz CT molecular complexity index is 4550. The van der Waals surface area contributed by atoms with Crippen LogP contribution < -0.4 is 0 Å². The topological polar surface area (TPSA) is 0 Å². The van der Waals surface area contributed by atoms with Crippen LogP contribution in [-0.2, 0) is 32.5 Å². The van der Waals surface area contributed by atoms with E-state index < -0.39 is 4.30 Å². The van der Waals surface area contributed by atoms with Gasteiger partial charge in [0.2, 0.25) is 0 Å². The Balaban J connectivity index is 0.000000141. The van der Waals surface area contributed by atoms with Gasteiger partial charge in [-0.2, -0.15) is 0 Å². The molecule has 12 aromatic carbocycles. The number of benzene rings is 12. The van der Waals surface area contributed by atoms with Crippen molar-refractivity contribution in [2.24, 2.45) is 0 Å². The number of rotatable bonds is 4. The van der Waals surface area contributed by atoms with Gasteiger partial charge in [0, 0.05) is 32.5 Å². The van der Waals surface area contributed by atoms with Crippen molar-refractivity contribution < 1.29 is 0 Å². The fourth-order valence-corrected chi connectivity index (χ4v) is 17.7. The van der Waals surface area contributed by atoms with Crippen LogP contribution in [-0.4, -0.2) is 4.30 Å². The summed E-state index contributed by atoms with van der Waals surface area (Å²) in [4.78, 5) is 0. The molecular weight excluding hydrogens is 1200 g/mol. The minimum absolute atomic E-state index is 0.000131. The molecule has 0 spiro atoms. The predicted molar refractivity (Wildman–Crippen MR) is 401 cm³/mol. The van der Waals surface area contributed by atoms with Crippen molar-refractivity contribution in [2.45, 2.75) is 120 Å². The number of hydrogen-bond acceptors (Lipinski definition) is 0. The van der Waals surface area contributed by atoms with Crippen LogP contribution in [0.4, 0.5) is 0 Å². The molecule has 0 radical (unpaired) electrons. The summed E-state index contributed by atoms with van der Waals surface area (Å²) >= 11 is 14.4. The third-order valence-electron chi connectivity index (χ3n) is 23.0. The van der Waals surface area contributed by atoms with Crippen molar-refractivity contribution in [1.29, 1.82) is 0 Å². The maximum atomic E-state index is 4.81. The Morgan fingerprint density at radius 3 is 0.436 bits per heavy atom. The average molecular weight is 1280 g/mol. The van der Waals surface area contributed by atoms with E-state index in [9.17, 15) is 0 Å². The standard InChI is InChI=1S/2C45H38.CHCl3/c2*1-43(2)37-13-9-7-11-31(37)33-19-15-27(23-39(33)43)29-17-21-35-36-22-18-30(26-42(36)45(5,6)41(35)25-29)28-16-20-34-32-12-8-10-14-38(32)44(3,4)40(34)24-28;2-1(3)4/h2*7-26H,1-6H3;1H. The summed E-state index contributed by atoms with van der Waals surface area (Å²) in [5, 5.41) is 0. The van der Waals surface area contributed by atoms with Crippen molar-refractivity contribution in [3.63, 3.8) is 0 Å². The summed E-state index contributed by atoms with van der Waals surface area (Å²) in [5.74, 6) is 0. The second-order valence-corrected chi connectivity index (χ2v) is 32.2. The van der Waals surface area contributed by atoms with Gasteiger partial charge in [-0.1, -0.05) is 312 Å². The van der Waals surface area contributed by atoms with E-state index in [0.29, 0.717) is 0 Å². The number of alkyl halides is 3. The Morgan fingerprint density at radius 2 is 0.287 bits per heavy atom. The Kier molecular flexibility index (Phi) is 13.7. The van der Waals surface area contributed by atoms with Gasteiger partial charge < -0.3 is 0 Å². The van der Waals surface area contributed by atoms with Crippen LogP contribution >= 0.6 is 34.8 Å². The predicted octanol–water partition coefficient (Wildman–Crippen LogP) is 25.9. The lowest BCUT2D eigenvalue weighted by Gasteiger charge is -2.24. The maximum Gasteiger partial charge on any atom is 0.180 e. The van der Waals surface area contributed by atoms with Crippen LogP contribution in [0, 0.1) is 0 Å². The van der Waals surface area contributed by atoms with Crippen molar-refractivity contribution in [2.75, 3.05) is 0 Å². The van der Waals surface area contributed by atoms with Crippen molar-refractivity contribution >= 4 is 34.8 Å². The van der Waals surface area contributed by atoms with E-state index in [1.165, 1.54) is 178 Å². The van der Waals surface area contributed by atoms with Gasteiger partial charge in [-0.05, 0) is 227 Å². The first-order chi connectivity index (χ1) is 44.9. The second kappa shape index (κ2) is 21.3. The zero-order valence-electron chi connectivity index (χ0n) is 55.8. The monoisotopic (exact) mass is 1270 g/mol. The van der Waals surface area contributed by atoms with Gasteiger partial charge in [-0.3, -0.25) is 0 Å². The summed E-state index contributed by atoms with van der Waals surface area (Å²) in [6, 6.07) is 92.6. The highest BCUT2D eigenvalue weighted by molar-refractivity contribution is 6.63. The van der Waals surface area contributed by atoms with Gasteiger partial charge in [-0.25, -0.2) is 0 Å². The molecule has 6 aliphatic rings. The Morgan fingerprint density at radius 1 is 0.170 bits per heavy atom. The van der Waals surface area contributed by atoms with Gasteiger partial charge in [0.05, 0.1) is 0 Å². The highest BCUT2D eigenvalue weighted by Gasteiger charge is 2.42. The molecule has 0 fully saturated rings. The highest BCUT2D eigenvalue weighted by Crippen LogP contribution is 2.57. The molecule has 0 saturated heterocycles. The number of hydrogen-bond donors (Lipinski definition) is 0. The molecule has 3 heteroatoms. The summed E-state index contributed by atoms with van der Waals surface area (Å²) in [7, 11) is 0. The first kappa shape index (κ1) is 60.5. The van der Waals surface area contributed by atoms with E-state index >= 15 is 0 Å². The van der Waals surface area contributed by atoms with Crippen LogP contribution in [0.5, 0.6) is 0 Å². The van der Waals surface area contributed by atoms with Gasteiger partial charge in [0.1, 0.15) is 0 Å². The number of halogens is 3. The molecule has 0 unspecified atom stereocenters. The molecule has 462 valence electrons. The van der Waals surface area contributed by atoms with Gasteiger partial charge in [0.15, 0.2) is 4.30 Å². The van der Waals surface area contributed by atoms with Gasteiger partial charge in [0.25, 0.3) is 0 Å². The molecular formula is C91H77Cl3. The molecule has 0 atom stereocenters. The molecule has 0 N–H and O–H groups in total. The third-order valence-corrected chi connectivity index (χ3v) is 23.0. The molecule has 12 aromatic rings. The van der Waals surface area contributed by atoms with Crippen LogP contribution in [0.2, 0.25) is 0 Å². The van der Waals surface area contributed by atoms with Crippen LogP contribution in [0.1, 0.15) is 150 Å². The zero-order chi connectivity index (χ0) is 65.3. The average Bonchev–Trinajstić information content (AvgIpc) is 1.59. The minimum atomic E-state index is -0.750. The van der Waals surface area contributed by atoms with Crippen molar-refractivity contribution in [3.8, 4) is 111 Å². The summed E-state index contributed by atoms with van der Waals surface area (Å²) in [6.45, 7) is 28.5. The lowest BCUT2D eigenvalue weighted by molar-refractivity contribution is 0.659. The third kappa shape index (κ3) is 8.99. The second-order valence-electron chi connectivity index (χ2n) is 30.3. The lowest BCUT2D eigenvalue weighted by Crippen LogP contribution is -2.16. The minimum Gasteiger partial charge on any atom is -0.0874 e. The molecule has 6 aliphatic carbocycles.